The third-order valence-corrected chi connectivity index (χ3v) is 6.55. The second-order valence-electron chi connectivity index (χ2n) is 8.35. The van der Waals surface area contributed by atoms with Gasteiger partial charge in [0.2, 0.25) is 0 Å². The molecular formula is C30H18O4. The van der Waals surface area contributed by atoms with E-state index in [2.05, 4.69) is 0 Å². The SMILES string of the molecule is O=C(O)c1cc2c(ccc3ccccc32)c(-c2cccc3c2ccc2ccccc23)c1C(=O)O. The summed E-state index contributed by atoms with van der Waals surface area (Å²) < 4.78 is 0. The van der Waals surface area contributed by atoms with Crippen molar-refractivity contribution >= 4 is 55.0 Å². The van der Waals surface area contributed by atoms with Gasteiger partial charge in [0, 0.05) is 5.56 Å². The van der Waals surface area contributed by atoms with E-state index < -0.39 is 11.9 Å². The molecule has 0 amide bonds. The molecule has 0 spiro atoms. The normalized spacial score (nSPS) is 11.4. The lowest BCUT2D eigenvalue weighted by molar-refractivity contribution is 0.0652. The Labute approximate surface area is 194 Å². The Kier molecular flexibility index (Phi) is 4.36. The molecule has 0 radical (unpaired) electrons. The fraction of sp³-hybridized carbons (Fsp3) is 0. The summed E-state index contributed by atoms with van der Waals surface area (Å²) in [7, 11) is 0. The Bertz CT molecular complexity index is 1810. The average molecular weight is 442 g/mol. The van der Waals surface area contributed by atoms with Crippen molar-refractivity contribution in [3.63, 3.8) is 0 Å². The first-order valence-corrected chi connectivity index (χ1v) is 10.9. The molecule has 4 nitrogen and oxygen atoms in total. The highest BCUT2D eigenvalue weighted by Crippen LogP contribution is 2.41. The van der Waals surface area contributed by atoms with Gasteiger partial charge >= 0.3 is 11.9 Å². The average Bonchev–Trinajstić information content (AvgIpc) is 2.86. The van der Waals surface area contributed by atoms with Crippen LogP contribution >= 0.6 is 0 Å². The molecule has 0 atom stereocenters. The van der Waals surface area contributed by atoms with Crippen molar-refractivity contribution in [2.75, 3.05) is 0 Å². The summed E-state index contributed by atoms with van der Waals surface area (Å²) in [5.41, 5.74) is 0.707. The Morgan fingerprint density at radius 2 is 1.09 bits per heavy atom. The zero-order valence-electron chi connectivity index (χ0n) is 17.9. The molecule has 34 heavy (non-hydrogen) atoms. The highest BCUT2D eigenvalue weighted by atomic mass is 16.4. The van der Waals surface area contributed by atoms with Crippen molar-refractivity contribution in [3.8, 4) is 11.1 Å². The highest BCUT2D eigenvalue weighted by molar-refractivity contribution is 6.23. The molecule has 6 rings (SSSR count). The lowest BCUT2D eigenvalue weighted by Crippen LogP contribution is -2.11. The lowest BCUT2D eigenvalue weighted by Gasteiger charge is -2.17. The number of hydrogen-bond donors (Lipinski definition) is 2. The van der Waals surface area contributed by atoms with E-state index in [0.29, 0.717) is 21.9 Å². The zero-order valence-corrected chi connectivity index (χ0v) is 17.9. The first kappa shape index (κ1) is 19.9. The molecule has 0 saturated heterocycles. The van der Waals surface area contributed by atoms with Gasteiger partial charge in [0.15, 0.2) is 0 Å². The maximum absolute atomic E-state index is 12.5. The molecule has 0 fully saturated rings. The molecule has 0 aliphatic heterocycles. The van der Waals surface area contributed by atoms with Gasteiger partial charge in [-0.1, -0.05) is 91.0 Å². The minimum Gasteiger partial charge on any atom is -0.478 e. The molecule has 0 unspecified atom stereocenters. The fourth-order valence-electron chi connectivity index (χ4n) is 5.08. The molecule has 0 aliphatic rings. The second kappa shape index (κ2) is 7.42. The third-order valence-electron chi connectivity index (χ3n) is 6.55. The number of rotatable bonds is 3. The van der Waals surface area contributed by atoms with Gasteiger partial charge in [-0.3, -0.25) is 0 Å². The molecule has 6 aromatic carbocycles. The molecule has 0 aliphatic carbocycles. The van der Waals surface area contributed by atoms with Crippen LogP contribution in [0.2, 0.25) is 0 Å². The van der Waals surface area contributed by atoms with E-state index in [1.165, 1.54) is 6.07 Å². The van der Waals surface area contributed by atoms with Gasteiger partial charge in [-0.2, -0.15) is 0 Å². The molecule has 0 bridgehead atoms. The summed E-state index contributed by atoms with van der Waals surface area (Å²) in [5, 5.41) is 27.5. The maximum Gasteiger partial charge on any atom is 0.337 e. The summed E-state index contributed by atoms with van der Waals surface area (Å²) in [6.07, 6.45) is 0. The van der Waals surface area contributed by atoms with Crippen LogP contribution in [0.4, 0.5) is 0 Å². The Balaban J connectivity index is 1.85. The molecule has 0 heterocycles. The van der Waals surface area contributed by atoms with Crippen LogP contribution in [-0.2, 0) is 0 Å². The van der Waals surface area contributed by atoms with Gasteiger partial charge in [-0.15, -0.1) is 0 Å². The van der Waals surface area contributed by atoms with Crippen LogP contribution in [-0.4, -0.2) is 22.2 Å². The van der Waals surface area contributed by atoms with E-state index in [-0.39, 0.29) is 11.1 Å². The first-order valence-electron chi connectivity index (χ1n) is 10.9. The van der Waals surface area contributed by atoms with Crippen molar-refractivity contribution in [2.24, 2.45) is 0 Å². The number of fused-ring (bicyclic) bond motifs is 6. The van der Waals surface area contributed by atoms with E-state index in [0.717, 1.165) is 32.3 Å². The van der Waals surface area contributed by atoms with Gasteiger partial charge in [-0.05, 0) is 54.7 Å². The molecule has 6 aromatic rings. The van der Waals surface area contributed by atoms with Gasteiger partial charge in [0.05, 0.1) is 11.1 Å². The number of aromatic carboxylic acids is 2. The smallest absolute Gasteiger partial charge is 0.337 e. The maximum atomic E-state index is 12.5. The van der Waals surface area contributed by atoms with Crippen molar-refractivity contribution in [1.29, 1.82) is 0 Å². The van der Waals surface area contributed by atoms with Crippen LogP contribution in [0.1, 0.15) is 20.7 Å². The standard InChI is InChI=1S/C30H18O4/c31-29(32)26-16-25-20-9-4-2-7-18(20)13-15-24(25)27(28(26)30(33)34)23-11-5-10-21-19-8-3-1-6-17(19)12-14-22(21)23/h1-16H,(H,31,32)(H,33,34). The second-order valence-corrected chi connectivity index (χ2v) is 8.35. The molecule has 2 N–H and O–H groups in total. The molecule has 0 saturated carbocycles. The molecule has 0 aromatic heterocycles. The number of benzene rings is 6. The van der Waals surface area contributed by atoms with E-state index in [4.69, 9.17) is 0 Å². The quantitative estimate of drug-likeness (QED) is 0.281. The first-order chi connectivity index (χ1) is 16.5. The molecule has 4 heteroatoms. The van der Waals surface area contributed by atoms with Crippen molar-refractivity contribution in [3.05, 3.63) is 108 Å². The molecule has 162 valence electrons. The number of hydrogen-bond acceptors (Lipinski definition) is 2. The Morgan fingerprint density at radius 3 is 1.74 bits per heavy atom. The van der Waals surface area contributed by atoms with Crippen LogP contribution in [0.15, 0.2) is 97.1 Å². The Morgan fingerprint density at radius 1 is 0.500 bits per heavy atom. The molecular weight excluding hydrogens is 424 g/mol. The van der Waals surface area contributed by atoms with Gasteiger partial charge in [0.1, 0.15) is 0 Å². The fourth-order valence-corrected chi connectivity index (χ4v) is 5.08. The number of carboxylic acid groups (broad SMARTS) is 2. The van der Waals surface area contributed by atoms with Crippen LogP contribution in [0.3, 0.4) is 0 Å². The van der Waals surface area contributed by atoms with Crippen LogP contribution in [0, 0.1) is 0 Å². The third kappa shape index (κ3) is 2.86. The topological polar surface area (TPSA) is 74.6 Å². The van der Waals surface area contributed by atoms with Crippen molar-refractivity contribution in [2.45, 2.75) is 0 Å². The van der Waals surface area contributed by atoms with E-state index in [1.54, 1.807) is 0 Å². The van der Waals surface area contributed by atoms with Crippen LogP contribution in [0.5, 0.6) is 0 Å². The van der Waals surface area contributed by atoms with E-state index in [9.17, 15) is 19.8 Å². The van der Waals surface area contributed by atoms with E-state index >= 15 is 0 Å². The van der Waals surface area contributed by atoms with Crippen LogP contribution < -0.4 is 0 Å². The zero-order chi connectivity index (χ0) is 23.4. The van der Waals surface area contributed by atoms with Gasteiger partial charge < -0.3 is 10.2 Å². The number of carboxylic acids is 2. The predicted molar refractivity (Wildman–Crippen MR) is 136 cm³/mol. The minimum absolute atomic E-state index is 0.198. The Hall–Kier alpha value is -4.70. The van der Waals surface area contributed by atoms with Gasteiger partial charge in [-0.25, -0.2) is 9.59 Å². The minimum atomic E-state index is -1.26. The lowest BCUT2D eigenvalue weighted by atomic mass is 9.85. The summed E-state index contributed by atoms with van der Waals surface area (Å²) in [4.78, 5) is 24.8. The van der Waals surface area contributed by atoms with Crippen LogP contribution in [0.25, 0.3) is 54.2 Å². The monoisotopic (exact) mass is 442 g/mol. The van der Waals surface area contributed by atoms with Gasteiger partial charge in [0.25, 0.3) is 0 Å². The van der Waals surface area contributed by atoms with E-state index in [1.807, 2.05) is 91.0 Å². The summed E-state index contributed by atoms with van der Waals surface area (Å²) >= 11 is 0. The van der Waals surface area contributed by atoms with Crippen molar-refractivity contribution < 1.29 is 19.8 Å². The number of carbonyl (C=O) groups is 2. The predicted octanol–water partition coefficient (Wildman–Crippen LogP) is 7.36. The summed E-state index contributed by atoms with van der Waals surface area (Å²) in [6, 6.07) is 30.9. The largest absolute Gasteiger partial charge is 0.478 e. The van der Waals surface area contributed by atoms with Crippen molar-refractivity contribution in [1.82, 2.24) is 0 Å². The highest BCUT2D eigenvalue weighted by Gasteiger charge is 2.25. The summed E-state index contributed by atoms with van der Waals surface area (Å²) in [6.45, 7) is 0. The summed E-state index contributed by atoms with van der Waals surface area (Å²) in [5.74, 6) is -2.53.